The summed E-state index contributed by atoms with van der Waals surface area (Å²) in [4.78, 5) is 39.2. The molecular weight excluding hydrogens is 440 g/mol. The highest BCUT2D eigenvalue weighted by Gasteiger charge is 2.44. The second kappa shape index (κ2) is 8.57. The van der Waals surface area contributed by atoms with Crippen molar-refractivity contribution in [3.63, 3.8) is 0 Å². The molecule has 0 fully saturated rings. The first kappa shape index (κ1) is 23.2. The molecule has 0 radical (unpaired) electrons. The van der Waals surface area contributed by atoms with Crippen LogP contribution in [0, 0.1) is 5.82 Å². The monoisotopic (exact) mass is 458 g/mol. The molecule has 1 aromatic carbocycles. The van der Waals surface area contributed by atoms with Gasteiger partial charge in [0.05, 0.1) is 13.1 Å². The predicted molar refractivity (Wildman–Crippen MR) is 96.6 cm³/mol. The Kier molecular flexibility index (Phi) is 6.21. The van der Waals surface area contributed by atoms with Gasteiger partial charge in [-0.05, 0) is 17.7 Å². The van der Waals surface area contributed by atoms with Gasteiger partial charge in [-0.15, -0.1) is 0 Å². The number of hydrogen-bond acceptors (Lipinski definition) is 6. The largest absolute Gasteiger partial charge is 0.542 e. The summed E-state index contributed by atoms with van der Waals surface area (Å²) in [6, 6.07) is 5.89. The Morgan fingerprint density at radius 2 is 1.88 bits per heavy atom. The van der Waals surface area contributed by atoms with Crippen LogP contribution in [0.15, 0.2) is 29.1 Å². The second-order valence-corrected chi connectivity index (χ2v) is 7.27. The van der Waals surface area contributed by atoms with Gasteiger partial charge < -0.3 is 29.8 Å². The number of amides is 1. The number of alkyl halides is 3. The third-order valence-electron chi connectivity index (χ3n) is 5.19. The van der Waals surface area contributed by atoms with Crippen LogP contribution in [-0.2, 0) is 11.3 Å². The molecule has 2 atom stereocenters. The van der Waals surface area contributed by atoms with E-state index in [9.17, 15) is 32.3 Å². The number of rotatable bonds is 3. The number of hydrogen-bond donors (Lipinski definition) is 2. The summed E-state index contributed by atoms with van der Waals surface area (Å²) in [6.07, 6.45) is -4.47. The minimum Gasteiger partial charge on any atom is -0.542 e. The second-order valence-electron chi connectivity index (χ2n) is 7.27. The highest BCUT2D eigenvalue weighted by molar-refractivity contribution is 5.96. The molecule has 1 aromatic heterocycles. The van der Waals surface area contributed by atoms with Gasteiger partial charge in [0.1, 0.15) is 17.8 Å². The summed E-state index contributed by atoms with van der Waals surface area (Å²) in [7, 11) is 1.89. The zero-order valence-corrected chi connectivity index (χ0v) is 16.6. The maximum Gasteiger partial charge on any atom is 0.430 e. The van der Waals surface area contributed by atoms with Crippen LogP contribution in [0.5, 0.6) is 5.75 Å². The van der Waals surface area contributed by atoms with Crippen molar-refractivity contribution >= 4 is 11.9 Å². The van der Waals surface area contributed by atoms with Crippen molar-refractivity contribution in [3.8, 4) is 5.75 Å². The number of carboxylic acids is 1. The van der Waals surface area contributed by atoms with E-state index in [2.05, 4.69) is 4.98 Å². The molecule has 13 heteroatoms. The Morgan fingerprint density at radius 3 is 2.41 bits per heavy atom. The number of aromatic nitrogens is 2. The van der Waals surface area contributed by atoms with E-state index in [1.165, 1.54) is 12.1 Å². The maximum atomic E-state index is 13.1. The van der Waals surface area contributed by atoms with E-state index >= 15 is 0 Å². The molecule has 172 valence electrons. The number of carboxylic acid groups (broad SMARTS) is 1. The van der Waals surface area contributed by atoms with Crippen LogP contribution >= 0.6 is 0 Å². The molecule has 9 nitrogen and oxygen atoms in total. The van der Waals surface area contributed by atoms with E-state index < -0.39 is 29.4 Å². The molecular formula is C19H18F4N4O5. The topological polar surface area (TPSA) is 132 Å². The number of nitrogens with two attached hydrogens (primary N) is 1. The number of quaternary nitrogens is 1. The molecule has 0 bridgehead atoms. The van der Waals surface area contributed by atoms with Crippen molar-refractivity contribution in [1.29, 1.82) is 0 Å². The molecule has 0 spiro atoms. The SMILES string of the molecule is C[NH2+]C1CC2CN(Cc3ccc(F)cc3)C(=O)c3c(O)c(=O)nc1n32.O=C([O-])C(F)(F)F. The Hall–Kier alpha value is -3.48. The molecule has 4 rings (SSSR count). The lowest BCUT2D eigenvalue weighted by Crippen LogP contribution is -2.80. The number of benzene rings is 1. The molecule has 3 heterocycles. The van der Waals surface area contributed by atoms with Crippen LogP contribution in [0.25, 0.3) is 0 Å². The highest BCUT2D eigenvalue weighted by Crippen LogP contribution is 2.38. The summed E-state index contributed by atoms with van der Waals surface area (Å²) in [5.41, 5.74) is 0.0272. The fraction of sp³-hybridized carbons (Fsp3) is 0.368. The molecule has 0 saturated heterocycles. The van der Waals surface area contributed by atoms with E-state index in [0.717, 1.165) is 12.0 Å². The minimum atomic E-state index is -5.19. The van der Waals surface area contributed by atoms with Crippen LogP contribution in [0.4, 0.5) is 17.6 Å². The molecule has 2 aromatic rings. The number of aliphatic carboxylic acids is 1. The molecule has 2 unspecified atom stereocenters. The molecule has 0 saturated carbocycles. The summed E-state index contributed by atoms with van der Waals surface area (Å²) in [6.45, 7) is 0.756. The van der Waals surface area contributed by atoms with Crippen molar-refractivity contribution in [2.75, 3.05) is 13.6 Å². The molecule has 3 N–H and O–H groups in total. The number of carbonyl (C=O) groups excluding carboxylic acids is 2. The van der Waals surface area contributed by atoms with Crippen molar-refractivity contribution in [3.05, 3.63) is 57.5 Å². The zero-order chi connectivity index (χ0) is 23.8. The lowest BCUT2D eigenvalue weighted by molar-refractivity contribution is -0.670. The summed E-state index contributed by atoms with van der Waals surface area (Å²) < 4.78 is 46.3. The standard InChI is InChI=1S/C17H17FN4O3.C2HF3O2/c1-19-12-6-11-8-21(7-9-2-4-10(18)5-3-9)17(25)13-14(23)16(24)20-15(12)22(11)13;3-2(4,5)1(6)7/h2-5,11-12,19,23H,6-8H2,1H3;(H,6,7). The smallest absolute Gasteiger partial charge is 0.430 e. The van der Waals surface area contributed by atoms with E-state index in [-0.39, 0.29) is 23.6 Å². The van der Waals surface area contributed by atoms with E-state index in [1.807, 2.05) is 12.4 Å². The van der Waals surface area contributed by atoms with Crippen LogP contribution in [0.3, 0.4) is 0 Å². The molecule has 2 aliphatic rings. The minimum absolute atomic E-state index is 0.0118. The lowest BCUT2D eigenvalue weighted by atomic mass is 10.1. The number of aromatic hydroxyl groups is 1. The number of carbonyl (C=O) groups is 2. The molecule has 2 aliphatic heterocycles. The summed E-state index contributed by atoms with van der Waals surface area (Å²) in [5, 5.41) is 20.9. The van der Waals surface area contributed by atoms with Crippen LogP contribution in [-0.4, -0.2) is 51.2 Å². The predicted octanol–water partition coefficient (Wildman–Crippen LogP) is -0.778. The van der Waals surface area contributed by atoms with Gasteiger partial charge in [0.15, 0.2) is 11.5 Å². The van der Waals surface area contributed by atoms with Gasteiger partial charge in [-0.25, -0.2) is 4.39 Å². The quantitative estimate of drug-likeness (QED) is 0.581. The normalized spacial score (nSPS) is 19.3. The Morgan fingerprint density at radius 1 is 1.28 bits per heavy atom. The number of nitrogens with zero attached hydrogens (tertiary/aromatic N) is 3. The van der Waals surface area contributed by atoms with Gasteiger partial charge >= 0.3 is 11.7 Å². The van der Waals surface area contributed by atoms with Crippen molar-refractivity contribution in [2.24, 2.45) is 0 Å². The Bertz CT molecular complexity index is 1100. The first-order valence-electron chi connectivity index (χ1n) is 9.40. The fourth-order valence-corrected chi connectivity index (χ4v) is 3.76. The van der Waals surface area contributed by atoms with Crippen LogP contribution < -0.4 is 16.0 Å². The van der Waals surface area contributed by atoms with Crippen molar-refractivity contribution < 1.29 is 42.7 Å². The van der Waals surface area contributed by atoms with E-state index in [4.69, 9.17) is 9.90 Å². The lowest BCUT2D eigenvalue weighted by Gasteiger charge is -2.33. The highest BCUT2D eigenvalue weighted by atomic mass is 19.4. The maximum absolute atomic E-state index is 13.1. The van der Waals surface area contributed by atoms with Crippen LogP contribution in [0.1, 0.15) is 40.4 Å². The Labute approximate surface area is 177 Å². The number of halogens is 4. The Balaban J connectivity index is 0.000000360. The van der Waals surface area contributed by atoms with Crippen molar-refractivity contribution in [1.82, 2.24) is 14.5 Å². The van der Waals surface area contributed by atoms with E-state index in [0.29, 0.717) is 18.9 Å². The third-order valence-corrected chi connectivity index (χ3v) is 5.19. The van der Waals surface area contributed by atoms with Gasteiger partial charge in [-0.2, -0.15) is 18.2 Å². The fourth-order valence-electron chi connectivity index (χ4n) is 3.76. The molecule has 0 aliphatic carbocycles. The van der Waals surface area contributed by atoms with Gasteiger partial charge in [0.2, 0.25) is 5.75 Å². The van der Waals surface area contributed by atoms with Gasteiger partial charge in [-0.1, -0.05) is 12.1 Å². The zero-order valence-electron chi connectivity index (χ0n) is 16.6. The van der Waals surface area contributed by atoms with Gasteiger partial charge in [-0.3, -0.25) is 9.59 Å². The first-order chi connectivity index (χ1) is 14.9. The van der Waals surface area contributed by atoms with Gasteiger partial charge in [0.25, 0.3) is 5.91 Å². The third kappa shape index (κ3) is 4.42. The summed E-state index contributed by atoms with van der Waals surface area (Å²) in [5.74, 6) is -3.81. The first-order valence-corrected chi connectivity index (χ1v) is 9.40. The van der Waals surface area contributed by atoms with Gasteiger partial charge in [0, 0.05) is 19.5 Å². The molecule has 32 heavy (non-hydrogen) atoms. The summed E-state index contributed by atoms with van der Waals surface area (Å²) >= 11 is 0. The average Bonchev–Trinajstić information content (AvgIpc) is 3.06. The van der Waals surface area contributed by atoms with Crippen molar-refractivity contribution in [2.45, 2.75) is 31.2 Å². The van der Waals surface area contributed by atoms with E-state index in [1.54, 1.807) is 21.6 Å². The van der Waals surface area contributed by atoms with Crippen LogP contribution in [0.2, 0.25) is 0 Å². The molecule has 1 amide bonds. The average molecular weight is 458 g/mol.